The Morgan fingerprint density at radius 3 is 1.80 bits per heavy atom. The van der Waals surface area contributed by atoms with Gasteiger partial charge in [-0.05, 0) is 69.1 Å². The average molecular weight is 767 g/mol. The van der Waals surface area contributed by atoms with Crippen LogP contribution in [0.1, 0.15) is 22.3 Å². The zero-order valence-corrected chi connectivity index (χ0v) is 32.3. The molecule has 60 heavy (non-hydrogen) atoms. The molecule has 0 fully saturated rings. The van der Waals surface area contributed by atoms with Crippen LogP contribution in [-0.4, -0.2) is 25.6 Å². The van der Waals surface area contributed by atoms with E-state index in [1.807, 2.05) is 121 Å². The van der Waals surface area contributed by atoms with Gasteiger partial charge in [0.05, 0.1) is 22.9 Å². The van der Waals surface area contributed by atoms with E-state index in [1.165, 1.54) is 0 Å². The van der Waals surface area contributed by atoms with Crippen LogP contribution < -0.4 is 0 Å². The first-order valence-corrected chi connectivity index (χ1v) is 19.6. The third kappa shape index (κ3) is 6.37. The van der Waals surface area contributed by atoms with E-state index in [0.29, 0.717) is 28.7 Å². The van der Waals surface area contributed by atoms with Gasteiger partial charge in [-0.15, -0.1) is 0 Å². The number of nitrogens with zero attached hydrogens (tertiary/aromatic N) is 5. The number of allylic oxidation sites excluding steroid dienone is 4. The molecule has 0 amide bonds. The smallest absolute Gasteiger partial charge is 0.164 e. The molecule has 0 bridgehead atoms. The standard InChI is InChI=1S/C54H34N6/c1-2-13-44-48-32-47(38-18-11-19-39(30-38)54-59-52(36-14-5-3-6-15-36)58-53(60-54)37-16-7-4-8-17-37)51-45(22-12-29-57-51)49(48)31-46(50(44)56)35-25-23-34(24-26-35)42-28-27-40(33-55)41-20-9-10-21-43(41)42/h2-32,56H,1H2/b44-13-,56-50?. The van der Waals surface area contributed by atoms with Crippen LogP contribution in [0, 0.1) is 16.7 Å². The van der Waals surface area contributed by atoms with Gasteiger partial charge in [-0.25, -0.2) is 15.0 Å². The molecule has 0 spiro atoms. The van der Waals surface area contributed by atoms with Crippen LogP contribution in [0.5, 0.6) is 0 Å². The van der Waals surface area contributed by atoms with Gasteiger partial charge in [-0.1, -0.05) is 158 Å². The quantitative estimate of drug-likeness (QED) is 0.174. The van der Waals surface area contributed by atoms with Crippen molar-refractivity contribution < 1.29 is 0 Å². The van der Waals surface area contributed by atoms with Gasteiger partial charge < -0.3 is 0 Å². The second-order valence-corrected chi connectivity index (χ2v) is 14.5. The maximum absolute atomic E-state index is 9.71. The molecule has 0 radical (unpaired) electrons. The minimum Gasteiger partial charge on any atom is -0.300 e. The minimum atomic E-state index is 0.411. The summed E-state index contributed by atoms with van der Waals surface area (Å²) in [5.74, 6) is 1.77. The molecular weight excluding hydrogens is 733 g/mol. The van der Waals surface area contributed by atoms with Gasteiger partial charge in [-0.3, -0.25) is 10.4 Å². The van der Waals surface area contributed by atoms with E-state index in [4.69, 9.17) is 19.9 Å². The van der Waals surface area contributed by atoms with Crippen molar-refractivity contribution in [3.8, 4) is 62.5 Å². The third-order valence-electron chi connectivity index (χ3n) is 11.0. The summed E-state index contributed by atoms with van der Waals surface area (Å²) in [6, 6.07) is 57.0. The number of fused-ring (bicyclic) bond motifs is 4. The second-order valence-electron chi connectivity index (χ2n) is 14.5. The van der Waals surface area contributed by atoms with E-state index in [9.17, 15) is 10.7 Å². The summed E-state index contributed by atoms with van der Waals surface area (Å²) in [7, 11) is 0. The zero-order chi connectivity index (χ0) is 40.6. The Balaban J connectivity index is 1.09. The molecule has 0 saturated carbocycles. The van der Waals surface area contributed by atoms with Crippen molar-refractivity contribution in [1.82, 2.24) is 19.9 Å². The normalized spacial score (nSPS) is 12.9. The Morgan fingerprint density at radius 1 is 0.517 bits per heavy atom. The van der Waals surface area contributed by atoms with E-state index in [2.05, 4.69) is 73.3 Å². The number of rotatable bonds is 7. The zero-order valence-electron chi connectivity index (χ0n) is 32.3. The average Bonchev–Trinajstić information content (AvgIpc) is 3.32. The van der Waals surface area contributed by atoms with Crippen molar-refractivity contribution in [1.29, 1.82) is 10.7 Å². The first-order chi connectivity index (χ1) is 29.6. The first-order valence-electron chi connectivity index (χ1n) is 19.6. The predicted molar refractivity (Wildman–Crippen MR) is 245 cm³/mol. The highest BCUT2D eigenvalue weighted by molar-refractivity contribution is 6.48. The van der Waals surface area contributed by atoms with Crippen LogP contribution >= 0.6 is 0 Å². The van der Waals surface area contributed by atoms with Gasteiger partial charge in [0.25, 0.3) is 0 Å². The summed E-state index contributed by atoms with van der Waals surface area (Å²) in [5, 5.41) is 22.3. The summed E-state index contributed by atoms with van der Waals surface area (Å²) < 4.78 is 0. The number of nitriles is 1. The SMILES string of the molecule is C=C/C=C1\C(=N)C(c2ccc(-c3ccc(C#N)c4ccccc34)cc2)=Cc2c1cc(-c1cccc(-c3nc(-c4ccccc4)nc(-c4ccccc4)n3)c1)c1ncccc21. The first kappa shape index (κ1) is 36.0. The van der Waals surface area contributed by atoms with Crippen molar-refractivity contribution in [3.63, 3.8) is 0 Å². The van der Waals surface area contributed by atoms with E-state index in [0.717, 1.165) is 88.5 Å². The topological polar surface area (TPSA) is 99.2 Å². The lowest BCUT2D eigenvalue weighted by Gasteiger charge is -2.24. The van der Waals surface area contributed by atoms with Crippen molar-refractivity contribution >= 4 is 44.6 Å². The molecule has 2 heterocycles. The summed E-state index contributed by atoms with van der Waals surface area (Å²) in [4.78, 5) is 19.8. The van der Waals surface area contributed by atoms with Gasteiger partial charge >= 0.3 is 0 Å². The number of hydrogen-bond donors (Lipinski definition) is 1. The highest BCUT2D eigenvalue weighted by atomic mass is 15.0. The van der Waals surface area contributed by atoms with Crippen molar-refractivity contribution in [2.75, 3.05) is 0 Å². The Morgan fingerprint density at radius 2 is 1.12 bits per heavy atom. The fourth-order valence-electron chi connectivity index (χ4n) is 8.13. The molecule has 0 saturated heterocycles. The molecule has 0 aliphatic heterocycles. The molecule has 0 atom stereocenters. The number of nitrogens with one attached hydrogen (secondary N) is 1. The molecule has 10 rings (SSSR count). The van der Waals surface area contributed by atoms with Crippen LogP contribution in [0.3, 0.4) is 0 Å². The Hall–Kier alpha value is -8.40. The Bertz CT molecular complexity index is 3230. The molecule has 0 unspecified atom stereocenters. The largest absolute Gasteiger partial charge is 0.300 e. The maximum atomic E-state index is 9.71. The summed E-state index contributed by atoms with van der Waals surface area (Å²) in [6.07, 6.45) is 7.62. The van der Waals surface area contributed by atoms with E-state index in [-0.39, 0.29) is 0 Å². The molecule has 2 aromatic heterocycles. The highest BCUT2D eigenvalue weighted by Crippen LogP contribution is 2.43. The fourth-order valence-corrected chi connectivity index (χ4v) is 8.13. The van der Waals surface area contributed by atoms with Crippen molar-refractivity contribution in [2.45, 2.75) is 0 Å². The highest BCUT2D eigenvalue weighted by Gasteiger charge is 2.26. The lowest BCUT2D eigenvalue weighted by molar-refractivity contribution is 1.07. The van der Waals surface area contributed by atoms with E-state index in [1.54, 1.807) is 6.08 Å². The maximum Gasteiger partial charge on any atom is 0.164 e. The lowest BCUT2D eigenvalue weighted by atomic mass is 9.80. The summed E-state index contributed by atoms with van der Waals surface area (Å²) >= 11 is 0. The fraction of sp³-hybridized carbons (Fsp3) is 0. The predicted octanol–water partition coefficient (Wildman–Crippen LogP) is 12.9. The summed E-state index contributed by atoms with van der Waals surface area (Å²) in [5.41, 5.74) is 13.0. The van der Waals surface area contributed by atoms with Crippen LogP contribution in [0.25, 0.3) is 95.3 Å². The summed E-state index contributed by atoms with van der Waals surface area (Å²) in [6.45, 7) is 4.04. The third-order valence-corrected chi connectivity index (χ3v) is 11.0. The van der Waals surface area contributed by atoms with Crippen LogP contribution in [0.2, 0.25) is 0 Å². The van der Waals surface area contributed by atoms with Gasteiger partial charge in [0, 0.05) is 50.4 Å². The molecule has 6 heteroatoms. The second kappa shape index (κ2) is 15.2. The Kier molecular flexibility index (Phi) is 9.09. The molecule has 1 N–H and O–H groups in total. The van der Waals surface area contributed by atoms with Gasteiger partial charge in [0.1, 0.15) is 0 Å². The molecular formula is C54H34N6. The Labute approximate surface area is 347 Å². The van der Waals surface area contributed by atoms with Crippen LogP contribution in [0.15, 0.2) is 189 Å². The van der Waals surface area contributed by atoms with E-state index >= 15 is 0 Å². The lowest BCUT2D eigenvalue weighted by Crippen LogP contribution is -2.11. The van der Waals surface area contributed by atoms with E-state index < -0.39 is 0 Å². The van der Waals surface area contributed by atoms with Crippen LogP contribution in [-0.2, 0) is 0 Å². The molecule has 1 aliphatic rings. The van der Waals surface area contributed by atoms with Crippen molar-refractivity contribution in [2.24, 2.45) is 0 Å². The molecule has 280 valence electrons. The van der Waals surface area contributed by atoms with Gasteiger partial charge in [0.2, 0.25) is 0 Å². The molecule has 9 aromatic rings. The molecule has 1 aliphatic carbocycles. The number of hydrogen-bond acceptors (Lipinski definition) is 6. The van der Waals surface area contributed by atoms with Gasteiger partial charge in [-0.2, -0.15) is 5.26 Å². The molecule has 6 nitrogen and oxygen atoms in total. The minimum absolute atomic E-state index is 0.411. The van der Waals surface area contributed by atoms with Crippen molar-refractivity contribution in [3.05, 3.63) is 211 Å². The number of pyridine rings is 1. The van der Waals surface area contributed by atoms with Crippen LogP contribution in [0.4, 0.5) is 0 Å². The monoisotopic (exact) mass is 766 g/mol. The number of aromatic nitrogens is 4. The van der Waals surface area contributed by atoms with Gasteiger partial charge in [0.15, 0.2) is 17.5 Å². The number of benzene rings is 7. The molecule has 7 aromatic carbocycles.